The zero-order chi connectivity index (χ0) is 13.3. The molecule has 3 nitrogen and oxygen atoms in total. The molecule has 2 aromatic heterocycles. The van der Waals surface area contributed by atoms with Crippen molar-refractivity contribution in [2.75, 3.05) is 0 Å². The molecule has 2 rings (SSSR count). The van der Waals surface area contributed by atoms with Gasteiger partial charge in [-0.2, -0.15) is 13.2 Å². The van der Waals surface area contributed by atoms with Crippen LogP contribution in [-0.2, 0) is 6.18 Å². The maximum absolute atomic E-state index is 13.5. The summed E-state index contributed by atoms with van der Waals surface area (Å²) in [5.74, 6) is -0.925. The number of aromatic nitrogens is 3. The molecule has 0 aromatic carbocycles. The number of hydrogen-bond acceptors (Lipinski definition) is 3. The lowest BCUT2D eigenvalue weighted by Gasteiger charge is -2.07. The molecule has 0 amide bonds. The van der Waals surface area contributed by atoms with Crippen LogP contribution in [0.3, 0.4) is 0 Å². The van der Waals surface area contributed by atoms with Crippen LogP contribution in [0, 0.1) is 5.82 Å². The van der Waals surface area contributed by atoms with Crippen LogP contribution in [0.2, 0.25) is 5.15 Å². The van der Waals surface area contributed by atoms with Crippen molar-refractivity contribution < 1.29 is 17.6 Å². The van der Waals surface area contributed by atoms with Crippen molar-refractivity contribution >= 4 is 11.6 Å². The molecule has 94 valence electrons. The van der Waals surface area contributed by atoms with Crippen LogP contribution in [-0.4, -0.2) is 15.0 Å². The van der Waals surface area contributed by atoms with Crippen molar-refractivity contribution in [3.63, 3.8) is 0 Å². The topological polar surface area (TPSA) is 38.7 Å². The van der Waals surface area contributed by atoms with E-state index in [1.807, 2.05) is 0 Å². The van der Waals surface area contributed by atoms with Gasteiger partial charge in [0, 0.05) is 6.20 Å². The number of nitrogens with zero attached hydrogens (tertiary/aromatic N) is 3. The summed E-state index contributed by atoms with van der Waals surface area (Å²) in [6.45, 7) is 0. The first-order valence-electron chi connectivity index (χ1n) is 4.59. The molecule has 0 spiro atoms. The van der Waals surface area contributed by atoms with Gasteiger partial charge in [0.15, 0.2) is 11.0 Å². The average molecular weight is 278 g/mol. The molecule has 0 atom stereocenters. The number of pyridine rings is 1. The van der Waals surface area contributed by atoms with Gasteiger partial charge in [-0.05, 0) is 12.1 Å². The highest BCUT2D eigenvalue weighted by atomic mass is 35.5. The first kappa shape index (κ1) is 12.7. The van der Waals surface area contributed by atoms with Crippen LogP contribution < -0.4 is 0 Å². The summed E-state index contributed by atoms with van der Waals surface area (Å²) in [6.07, 6.45) is -2.89. The van der Waals surface area contributed by atoms with Crippen molar-refractivity contribution in [3.05, 3.63) is 41.2 Å². The minimum absolute atomic E-state index is 0.0511. The van der Waals surface area contributed by atoms with Crippen molar-refractivity contribution in [2.24, 2.45) is 0 Å². The van der Waals surface area contributed by atoms with Crippen molar-refractivity contribution in [1.82, 2.24) is 15.0 Å². The third-order valence-corrected chi connectivity index (χ3v) is 2.34. The van der Waals surface area contributed by atoms with E-state index in [1.54, 1.807) is 0 Å². The molecule has 0 aliphatic rings. The van der Waals surface area contributed by atoms with E-state index >= 15 is 0 Å². The van der Waals surface area contributed by atoms with Gasteiger partial charge in [0.25, 0.3) is 0 Å². The maximum Gasteiger partial charge on any atom is 0.417 e. The van der Waals surface area contributed by atoms with E-state index in [4.69, 9.17) is 11.6 Å². The highest BCUT2D eigenvalue weighted by Gasteiger charge is 2.30. The van der Waals surface area contributed by atoms with Crippen molar-refractivity contribution in [3.8, 4) is 11.4 Å². The smallest absolute Gasteiger partial charge is 0.254 e. The van der Waals surface area contributed by atoms with E-state index in [0.29, 0.717) is 6.20 Å². The Kier molecular flexibility index (Phi) is 3.16. The van der Waals surface area contributed by atoms with Gasteiger partial charge in [-0.25, -0.2) is 14.4 Å². The molecular weight excluding hydrogens is 274 g/mol. The summed E-state index contributed by atoms with van der Waals surface area (Å²) in [6, 6.07) is 1.81. The maximum atomic E-state index is 13.5. The SMILES string of the molecule is Fc1c(Cl)ncnc1-c1ccc(C(F)(F)F)cn1. The number of hydrogen-bond donors (Lipinski definition) is 0. The first-order chi connectivity index (χ1) is 8.39. The Morgan fingerprint density at radius 1 is 1.06 bits per heavy atom. The Bertz CT molecular complexity index is 568. The van der Waals surface area contributed by atoms with Crippen LogP contribution in [0.1, 0.15) is 5.56 Å². The van der Waals surface area contributed by atoms with E-state index in [2.05, 4.69) is 15.0 Å². The van der Waals surface area contributed by atoms with E-state index in [0.717, 1.165) is 18.5 Å². The Morgan fingerprint density at radius 2 is 1.78 bits per heavy atom. The zero-order valence-corrected chi connectivity index (χ0v) is 9.30. The van der Waals surface area contributed by atoms with Gasteiger partial charge in [0.05, 0.1) is 11.3 Å². The largest absolute Gasteiger partial charge is 0.417 e. The quantitative estimate of drug-likeness (QED) is 0.593. The molecule has 0 aliphatic carbocycles. The van der Waals surface area contributed by atoms with Crippen molar-refractivity contribution in [2.45, 2.75) is 6.18 Å². The minimum Gasteiger partial charge on any atom is -0.254 e. The molecule has 0 saturated carbocycles. The second-order valence-electron chi connectivity index (χ2n) is 3.26. The van der Waals surface area contributed by atoms with E-state index in [1.165, 1.54) is 0 Å². The van der Waals surface area contributed by atoms with Gasteiger partial charge in [0.2, 0.25) is 0 Å². The van der Waals surface area contributed by atoms with Gasteiger partial charge in [-0.1, -0.05) is 11.6 Å². The van der Waals surface area contributed by atoms with Crippen LogP contribution in [0.15, 0.2) is 24.7 Å². The summed E-state index contributed by atoms with van der Waals surface area (Å²) in [4.78, 5) is 10.5. The monoisotopic (exact) mass is 277 g/mol. The molecule has 0 unspecified atom stereocenters. The Morgan fingerprint density at radius 3 is 2.33 bits per heavy atom. The zero-order valence-electron chi connectivity index (χ0n) is 8.54. The van der Waals surface area contributed by atoms with Gasteiger partial charge in [-0.3, -0.25) is 4.98 Å². The molecule has 0 bridgehead atoms. The van der Waals surface area contributed by atoms with Crippen molar-refractivity contribution in [1.29, 1.82) is 0 Å². The molecule has 2 aromatic rings. The summed E-state index contributed by atoms with van der Waals surface area (Å²) < 4.78 is 50.4. The Balaban J connectivity index is 2.44. The summed E-state index contributed by atoms with van der Waals surface area (Å²) in [5, 5.41) is -0.415. The molecule has 18 heavy (non-hydrogen) atoms. The van der Waals surface area contributed by atoms with E-state index < -0.39 is 22.7 Å². The second kappa shape index (κ2) is 4.49. The third kappa shape index (κ3) is 2.40. The lowest BCUT2D eigenvalue weighted by molar-refractivity contribution is -0.137. The van der Waals surface area contributed by atoms with Gasteiger partial charge in [0.1, 0.15) is 12.0 Å². The van der Waals surface area contributed by atoms with Crippen LogP contribution in [0.4, 0.5) is 17.6 Å². The average Bonchev–Trinajstić information content (AvgIpc) is 2.32. The van der Waals surface area contributed by atoms with Crippen LogP contribution in [0.25, 0.3) is 11.4 Å². The molecule has 0 radical (unpaired) electrons. The van der Waals surface area contributed by atoms with Gasteiger partial charge in [-0.15, -0.1) is 0 Å². The first-order valence-corrected chi connectivity index (χ1v) is 4.97. The number of rotatable bonds is 1. The predicted octanol–water partition coefficient (Wildman–Crippen LogP) is 3.35. The predicted molar refractivity (Wildman–Crippen MR) is 55.2 cm³/mol. The lowest BCUT2D eigenvalue weighted by Crippen LogP contribution is -2.05. The fourth-order valence-electron chi connectivity index (χ4n) is 1.23. The summed E-state index contributed by atoms with van der Waals surface area (Å²) in [7, 11) is 0. The van der Waals surface area contributed by atoms with Crippen LogP contribution in [0.5, 0.6) is 0 Å². The Labute approximate surface area is 103 Å². The second-order valence-corrected chi connectivity index (χ2v) is 3.61. The normalized spacial score (nSPS) is 11.6. The molecular formula is C10H4ClF4N3. The highest BCUT2D eigenvalue weighted by molar-refractivity contribution is 6.29. The molecule has 0 aliphatic heterocycles. The third-order valence-electron chi connectivity index (χ3n) is 2.08. The summed E-state index contributed by atoms with van der Waals surface area (Å²) in [5.41, 5.74) is -1.22. The number of halogens is 5. The fourth-order valence-corrected chi connectivity index (χ4v) is 1.36. The summed E-state index contributed by atoms with van der Waals surface area (Å²) >= 11 is 5.43. The molecule has 2 heterocycles. The highest BCUT2D eigenvalue weighted by Crippen LogP contribution is 2.30. The number of alkyl halides is 3. The fraction of sp³-hybridized carbons (Fsp3) is 0.100. The molecule has 8 heteroatoms. The van der Waals surface area contributed by atoms with Gasteiger partial charge >= 0.3 is 6.18 Å². The standard InChI is InChI=1S/C10H4ClF4N3/c11-9-7(12)8(17-4-18-9)6-2-1-5(3-16-6)10(13,14)15/h1-4H. The molecule has 0 saturated heterocycles. The van der Waals surface area contributed by atoms with E-state index in [-0.39, 0.29) is 11.4 Å². The van der Waals surface area contributed by atoms with E-state index in [9.17, 15) is 17.6 Å². The lowest BCUT2D eigenvalue weighted by atomic mass is 10.2. The molecule has 0 fully saturated rings. The minimum atomic E-state index is -4.49. The van der Waals surface area contributed by atoms with Gasteiger partial charge < -0.3 is 0 Å². The molecule has 0 N–H and O–H groups in total. The Hall–Kier alpha value is -1.76. The van der Waals surface area contributed by atoms with Crippen LogP contribution >= 0.6 is 11.6 Å².